The summed E-state index contributed by atoms with van der Waals surface area (Å²) < 4.78 is 8.17. The van der Waals surface area contributed by atoms with Crippen molar-refractivity contribution in [3.05, 3.63) is 29.3 Å². The summed E-state index contributed by atoms with van der Waals surface area (Å²) in [5.74, 6) is 1.10. The molecule has 0 aliphatic heterocycles. The first-order chi connectivity index (χ1) is 14.6. The molecule has 0 heterocycles. The van der Waals surface area contributed by atoms with Gasteiger partial charge in [0, 0.05) is 5.56 Å². The summed E-state index contributed by atoms with van der Waals surface area (Å²) in [6.07, 6.45) is 16.6. The van der Waals surface area contributed by atoms with E-state index in [0.717, 1.165) is 34.4 Å². The third kappa shape index (κ3) is 14.6. The molecule has 0 N–H and O–H groups in total. The van der Waals surface area contributed by atoms with E-state index in [1.165, 1.54) is 88.2 Å². The Balaban J connectivity index is 2.34. The number of hydrogen-bond acceptors (Lipinski definition) is 1. The normalized spacial score (nSPS) is 12.4. The largest absolute Gasteiger partial charge is 0.493 e. The SMILES string of the molecule is CCCCCCCCCCCCCCOc1cccc(C[N+](C)(C)C)c1C[N+](C)(C)C. The quantitative estimate of drug-likeness (QED) is 0.176. The molecule has 1 rings (SSSR count). The summed E-state index contributed by atoms with van der Waals surface area (Å²) in [5.41, 5.74) is 2.81. The third-order valence-corrected chi connectivity index (χ3v) is 5.76. The Labute approximate surface area is 195 Å². The van der Waals surface area contributed by atoms with Crippen LogP contribution in [0.4, 0.5) is 0 Å². The zero-order valence-electron chi connectivity index (χ0n) is 22.1. The molecule has 0 aliphatic rings. The van der Waals surface area contributed by atoms with Crippen LogP contribution in [0.25, 0.3) is 0 Å². The first kappa shape index (κ1) is 28.0. The van der Waals surface area contributed by atoms with Crippen molar-refractivity contribution in [2.24, 2.45) is 0 Å². The highest BCUT2D eigenvalue weighted by Gasteiger charge is 2.21. The minimum absolute atomic E-state index is 0.843. The molecule has 0 saturated carbocycles. The molecule has 0 spiro atoms. The molecular formula is C28H54N2O+2. The molecule has 1 aromatic carbocycles. The molecule has 3 nitrogen and oxygen atoms in total. The fourth-order valence-electron chi connectivity index (χ4n) is 4.18. The van der Waals surface area contributed by atoms with E-state index in [-0.39, 0.29) is 0 Å². The van der Waals surface area contributed by atoms with E-state index < -0.39 is 0 Å². The van der Waals surface area contributed by atoms with Gasteiger partial charge in [0.2, 0.25) is 0 Å². The summed E-state index contributed by atoms with van der Waals surface area (Å²) in [5, 5.41) is 0. The van der Waals surface area contributed by atoms with Gasteiger partial charge in [-0.25, -0.2) is 0 Å². The minimum Gasteiger partial charge on any atom is -0.493 e. The second-order valence-electron chi connectivity index (χ2n) is 11.5. The molecule has 0 aromatic heterocycles. The summed E-state index contributed by atoms with van der Waals surface area (Å²) in [7, 11) is 13.6. The molecule has 31 heavy (non-hydrogen) atoms. The summed E-state index contributed by atoms with van der Waals surface area (Å²) in [6.45, 7) is 5.17. The van der Waals surface area contributed by atoms with Gasteiger partial charge in [0.1, 0.15) is 18.8 Å². The van der Waals surface area contributed by atoms with Gasteiger partial charge in [-0.1, -0.05) is 89.7 Å². The lowest BCUT2D eigenvalue weighted by atomic mass is 10.0. The highest BCUT2D eigenvalue weighted by molar-refractivity contribution is 5.39. The second-order valence-corrected chi connectivity index (χ2v) is 11.5. The number of quaternary nitrogens is 2. The number of hydrogen-bond donors (Lipinski definition) is 0. The van der Waals surface area contributed by atoms with E-state index in [0.29, 0.717) is 0 Å². The van der Waals surface area contributed by atoms with Crippen LogP contribution in [0.15, 0.2) is 18.2 Å². The van der Waals surface area contributed by atoms with Crippen molar-refractivity contribution in [3.8, 4) is 5.75 Å². The molecule has 0 saturated heterocycles. The Bertz CT molecular complexity index is 584. The van der Waals surface area contributed by atoms with Crippen LogP contribution >= 0.6 is 0 Å². The van der Waals surface area contributed by atoms with E-state index in [1.54, 1.807) is 0 Å². The maximum Gasteiger partial charge on any atom is 0.128 e. The van der Waals surface area contributed by atoms with Crippen molar-refractivity contribution in [2.75, 3.05) is 48.9 Å². The molecule has 0 fully saturated rings. The number of unbranched alkanes of at least 4 members (excludes halogenated alkanes) is 11. The van der Waals surface area contributed by atoms with Crippen molar-refractivity contribution in [1.29, 1.82) is 0 Å². The van der Waals surface area contributed by atoms with E-state index in [2.05, 4.69) is 67.4 Å². The number of rotatable bonds is 18. The van der Waals surface area contributed by atoms with Gasteiger partial charge in [0.25, 0.3) is 0 Å². The fraction of sp³-hybridized carbons (Fsp3) is 0.786. The zero-order chi connectivity index (χ0) is 23.2. The van der Waals surface area contributed by atoms with Crippen molar-refractivity contribution < 1.29 is 13.7 Å². The topological polar surface area (TPSA) is 9.23 Å². The molecule has 3 heteroatoms. The Morgan fingerprint density at radius 1 is 0.613 bits per heavy atom. The Morgan fingerprint density at radius 3 is 1.58 bits per heavy atom. The first-order valence-electron chi connectivity index (χ1n) is 13.0. The highest BCUT2D eigenvalue weighted by Crippen LogP contribution is 2.27. The second kappa shape index (κ2) is 14.9. The van der Waals surface area contributed by atoms with Gasteiger partial charge < -0.3 is 13.7 Å². The molecular weight excluding hydrogens is 380 g/mol. The summed E-state index contributed by atoms with van der Waals surface area (Å²) >= 11 is 0. The first-order valence-corrected chi connectivity index (χ1v) is 13.0. The van der Waals surface area contributed by atoms with Gasteiger partial charge in [-0.05, 0) is 12.5 Å². The van der Waals surface area contributed by atoms with Gasteiger partial charge in [0.05, 0.1) is 54.5 Å². The van der Waals surface area contributed by atoms with Gasteiger partial charge in [-0.3, -0.25) is 0 Å². The molecule has 0 aliphatic carbocycles. The molecule has 0 bridgehead atoms. The number of benzene rings is 1. The third-order valence-electron chi connectivity index (χ3n) is 5.76. The number of nitrogens with zero attached hydrogens (tertiary/aromatic N) is 2. The van der Waals surface area contributed by atoms with Crippen molar-refractivity contribution in [1.82, 2.24) is 0 Å². The van der Waals surface area contributed by atoms with Crippen LogP contribution in [0.2, 0.25) is 0 Å². The molecule has 0 amide bonds. The van der Waals surface area contributed by atoms with Crippen molar-refractivity contribution in [2.45, 2.75) is 97.1 Å². The molecule has 180 valence electrons. The Kier molecular flexibility index (Phi) is 13.4. The predicted molar refractivity (Wildman–Crippen MR) is 136 cm³/mol. The summed E-state index contributed by atoms with van der Waals surface area (Å²) in [6, 6.07) is 6.62. The lowest BCUT2D eigenvalue weighted by Gasteiger charge is -2.29. The zero-order valence-corrected chi connectivity index (χ0v) is 22.1. The van der Waals surface area contributed by atoms with Crippen LogP contribution in [-0.4, -0.2) is 57.9 Å². The maximum atomic E-state index is 6.31. The average Bonchev–Trinajstić information content (AvgIpc) is 2.65. The van der Waals surface area contributed by atoms with Crippen molar-refractivity contribution >= 4 is 0 Å². The van der Waals surface area contributed by atoms with E-state index in [4.69, 9.17) is 4.74 Å². The smallest absolute Gasteiger partial charge is 0.128 e. The van der Waals surface area contributed by atoms with Gasteiger partial charge >= 0.3 is 0 Å². The molecule has 0 atom stereocenters. The lowest BCUT2D eigenvalue weighted by molar-refractivity contribution is -0.887. The van der Waals surface area contributed by atoms with Crippen LogP contribution in [-0.2, 0) is 13.1 Å². The standard InChI is InChI=1S/C28H54N2O/c1-8-9-10-11-12-13-14-15-16-17-18-19-23-31-28-22-20-21-26(24-29(2,3)4)27(28)25-30(5,6)7/h20-22H,8-19,23-25H2,1-7H3/q+2. The van der Waals surface area contributed by atoms with Crippen LogP contribution < -0.4 is 4.74 Å². The molecule has 0 unspecified atom stereocenters. The fourth-order valence-corrected chi connectivity index (χ4v) is 4.18. The Hall–Kier alpha value is -1.06. The van der Waals surface area contributed by atoms with Crippen LogP contribution in [0.5, 0.6) is 5.75 Å². The van der Waals surface area contributed by atoms with Gasteiger partial charge in [-0.15, -0.1) is 0 Å². The number of ether oxygens (including phenoxy) is 1. The van der Waals surface area contributed by atoms with E-state index in [9.17, 15) is 0 Å². The monoisotopic (exact) mass is 434 g/mol. The average molecular weight is 435 g/mol. The Morgan fingerprint density at radius 2 is 1.10 bits per heavy atom. The van der Waals surface area contributed by atoms with Crippen LogP contribution in [0.3, 0.4) is 0 Å². The van der Waals surface area contributed by atoms with E-state index >= 15 is 0 Å². The highest BCUT2D eigenvalue weighted by atomic mass is 16.5. The molecule has 0 radical (unpaired) electrons. The van der Waals surface area contributed by atoms with Gasteiger partial charge in [0.15, 0.2) is 0 Å². The molecule has 1 aromatic rings. The summed E-state index contributed by atoms with van der Waals surface area (Å²) in [4.78, 5) is 0. The van der Waals surface area contributed by atoms with Gasteiger partial charge in [-0.2, -0.15) is 0 Å². The predicted octanol–water partition coefficient (Wildman–Crippen LogP) is 7.18. The van der Waals surface area contributed by atoms with Crippen LogP contribution in [0, 0.1) is 0 Å². The van der Waals surface area contributed by atoms with E-state index in [1.807, 2.05) is 0 Å². The maximum absolute atomic E-state index is 6.31. The minimum atomic E-state index is 0.843. The lowest BCUT2D eigenvalue weighted by Crippen LogP contribution is -2.36. The van der Waals surface area contributed by atoms with Crippen molar-refractivity contribution in [3.63, 3.8) is 0 Å². The van der Waals surface area contributed by atoms with Crippen LogP contribution in [0.1, 0.15) is 95.1 Å².